The van der Waals surface area contributed by atoms with E-state index in [0.717, 1.165) is 12.2 Å². The Kier molecular flexibility index (Phi) is 3.28. The summed E-state index contributed by atoms with van der Waals surface area (Å²) in [4.78, 5) is 8.97. The van der Waals surface area contributed by atoms with Crippen molar-refractivity contribution in [3.05, 3.63) is 17.5 Å². The van der Waals surface area contributed by atoms with Crippen molar-refractivity contribution in [1.82, 2.24) is 9.97 Å². The van der Waals surface area contributed by atoms with Gasteiger partial charge >= 0.3 is 0 Å². The van der Waals surface area contributed by atoms with Gasteiger partial charge in [0.05, 0.1) is 0 Å². The van der Waals surface area contributed by atoms with Gasteiger partial charge in [-0.2, -0.15) is 0 Å². The minimum atomic E-state index is 0.315. The number of nitrogens with one attached hydrogen (secondary N) is 1. The Bertz CT molecular complexity index is 440. The number of nitrogens with zero attached hydrogens (tertiary/aromatic N) is 2. The van der Waals surface area contributed by atoms with Gasteiger partial charge in [-0.25, -0.2) is 9.97 Å². The molecular formula is C12H18N4S. The molecule has 0 spiro atoms. The second-order valence-corrected chi connectivity index (χ2v) is 5.23. The minimum Gasteiger partial charge on any atom is -0.388 e. The van der Waals surface area contributed by atoms with Crippen LogP contribution in [-0.4, -0.2) is 21.5 Å². The second kappa shape index (κ2) is 4.56. The first kappa shape index (κ1) is 12.2. The quantitative estimate of drug-likeness (QED) is 0.783. The molecular weight excluding hydrogens is 232 g/mol. The molecule has 0 unspecified atom stereocenters. The van der Waals surface area contributed by atoms with E-state index in [4.69, 9.17) is 18.0 Å². The Morgan fingerprint density at radius 3 is 2.76 bits per heavy atom. The van der Waals surface area contributed by atoms with E-state index < -0.39 is 0 Å². The van der Waals surface area contributed by atoms with Crippen molar-refractivity contribution in [3.63, 3.8) is 0 Å². The van der Waals surface area contributed by atoms with Gasteiger partial charge in [0.25, 0.3) is 0 Å². The van der Waals surface area contributed by atoms with Gasteiger partial charge in [-0.05, 0) is 37.7 Å². The normalized spacial score (nSPS) is 16.6. The highest BCUT2D eigenvalue weighted by molar-refractivity contribution is 7.80. The molecule has 1 aromatic heterocycles. The molecule has 5 heteroatoms. The molecule has 1 aromatic rings. The molecule has 4 nitrogen and oxygen atoms in total. The molecule has 2 rings (SSSR count). The first-order valence-electron chi connectivity index (χ1n) is 5.94. The lowest BCUT2D eigenvalue weighted by molar-refractivity contribution is 0.519. The van der Waals surface area contributed by atoms with E-state index >= 15 is 0 Å². The first-order valence-corrected chi connectivity index (χ1v) is 6.35. The van der Waals surface area contributed by atoms with Crippen LogP contribution in [0.1, 0.15) is 37.6 Å². The number of anilines is 1. The lowest BCUT2D eigenvalue weighted by Gasteiger charge is -2.14. The van der Waals surface area contributed by atoms with Crippen molar-refractivity contribution in [2.75, 3.05) is 11.9 Å². The van der Waals surface area contributed by atoms with Gasteiger partial charge in [-0.1, -0.05) is 19.1 Å². The van der Waals surface area contributed by atoms with Crippen LogP contribution in [0.5, 0.6) is 0 Å². The van der Waals surface area contributed by atoms with Gasteiger partial charge in [0.15, 0.2) is 0 Å². The topological polar surface area (TPSA) is 63.8 Å². The van der Waals surface area contributed by atoms with E-state index in [1.54, 1.807) is 6.07 Å². The number of nitrogens with two attached hydrogens (primary N) is 1. The van der Waals surface area contributed by atoms with Crippen LogP contribution in [0.3, 0.4) is 0 Å². The maximum absolute atomic E-state index is 5.59. The third-order valence-corrected chi connectivity index (χ3v) is 3.64. The third kappa shape index (κ3) is 2.91. The lowest BCUT2D eigenvalue weighted by atomic mass is 10.0. The zero-order valence-electron chi connectivity index (χ0n) is 10.3. The Morgan fingerprint density at radius 2 is 2.24 bits per heavy atom. The fourth-order valence-corrected chi connectivity index (χ4v) is 1.98. The van der Waals surface area contributed by atoms with Crippen molar-refractivity contribution in [1.29, 1.82) is 0 Å². The van der Waals surface area contributed by atoms with Gasteiger partial charge in [-0.3, -0.25) is 0 Å². The highest BCUT2D eigenvalue weighted by atomic mass is 32.1. The van der Waals surface area contributed by atoms with Gasteiger partial charge < -0.3 is 11.1 Å². The second-order valence-electron chi connectivity index (χ2n) is 4.79. The summed E-state index contributed by atoms with van der Waals surface area (Å²) in [7, 11) is 0. The van der Waals surface area contributed by atoms with E-state index in [1.807, 2.05) is 6.92 Å². The molecule has 0 aliphatic heterocycles. The predicted octanol–water partition coefficient (Wildman–Crippen LogP) is 2.02. The van der Waals surface area contributed by atoms with Crippen molar-refractivity contribution in [3.8, 4) is 0 Å². The summed E-state index contributed by atoms with van der Waals surface area (Å²) in [6, 6.07) is 1.81. The number of thiocarbonyl (C=S) groups is 1. The smallest absolute Gasteiger partial charge is 0.223 e. The van der Waals surface area contributed by atoms with Crippen LogP contribution in [0.15, 0.2) is 6.07 Å². The molecule has 0 aromatic carbocycles. The molecule has 1 aliphatic rings. The summed E-state index contributed by atoms with van der Waals surface area (Å²) in [5.74, 6) is 0.632. The van der Waals surface area contributed by atoms with Crippen LogP contribution in [0, 0.1) is 12.3 Å². The van der Waals surface area contributed by atoms with Crippen LogP contribution in [0.25, 0.3) is 0 Å². The van der Waals surface area contributed by atoms with E-state index in [-0.39, 0.29) is 0 Å². The number of hydrogen-bond acceptors (Lipinski definition) is 4. The molecule has 1 aliphatic carbocycles. The largest absolute Gasteiger partial charge is 0.388 e. The molecule has 92 valence electrons. The van der Waals surface area contributed by atoms with Crippen LogP contribution in [0.2, 0.25) is 0 Å². The predicted molar refractivity (Wildman–Crippen MR) is 73.1 cm³/mol. The van der Waals surface area contributed by atoms with Crippen molar-refractivity contribution >= 4 is 23.2 Å². The van der Waals surface area contributed by atoms with Gasteiger partial charge in [0.1, 0.15) is 10.7 Å². The molecule has 17 heavy (non-hydrogen) atoms. The molecule has 1 fully saturated rings. The fourth-order valence-electron chi connectivity index (χ4n) is 1.87. The molecule has 0 bridgehead atoms. The standard InChI is InChI=1S/C12H18N4S/c1-3-12(4-5-12)7-14-11-15-8(2)6-9(16-11)10(13)17/h6H,3-5,7H2,1-2H3,(H2,13,17)(H,14,15,16). The summed E-state index contributed by atoms with van der Waals surface area (Å²) in [6.45, 7) is 5.08. The zero-order valence-corrected chi connectivity index (χ0v) is 11.1. The van der Waals surface area contributed by atoms with Crippen LogP contribution in [-0.2, 0) is 0 Å². The summed E-state index contributed by atoms with van der Waals surface area (Å²) >= 11 is 4.93. The number of hydrogen-bond donors (Lipinski definition) is 2. The molecule has 0 saturated heterocycles. The van der Waals surface area contributed by atoms with E-state index in [0.29, 0.717) is 22.0 Å². The monoisotopic (exact) mass is 250 g/mol. The number of aromatic nitrogens is 2. The summed E-state index contributed by atoms with van der Waals surface area (Å²) in [6.07, 6.45) is 3.79. The molecule has 0 radical (unpaired) electrons. The zero-order chi connectivity index (χ0) is 12.5. The highest BCUT2D eigenvalue weighted by Gasteiger charge is 2.40. The number of rotatable bonds is 5. The van der Waals surface area contributed by atoms with E-state index in [1.165, 1.54) is 19.3 Å². The van der Waals surface area contributed by atoms with Crippen molar-refractivity contribution < 1.29 is 0 Å². The molecule has 1 heterocycles. The molecule has 3 N–H and O–H groups in total. The third-order valence-electron chi connectivity index (χ3n) is 3.44. The van der Waals surface area contributed by atoms with Gasteiger partial charge in [0.2, 0.25) is 5.95 Å². The molecule has 1 saturated carbocycles. The van der Waals surface area contributed by atoms with Crippen molar-refractivity contribution in [2.24, 2.45) is 11.1 Å². The lowest BCUT2D eigenvalue weighted by Crippen LogP contribution is -2.19. The summed E-state index contributed by atoms with van der Waals surface area (Å²) in [5, 5.41) is 3.30. The van der Waals surface area contributed by atoms with Crippen LogP contribution < -0.4 is 11.1 Å². The highest BCUT2D eigenvalue weighted by Crippen LogP contribution is 2.48. The van der Waals surface area contributed by atoms with E-state index in [2.05, 4.69) is 22.2 Å². The average molecular weight is 250 g/mol. The first-order chi connectivity index (χ1) is 8.04. The molecule has 0 amide bonds. The van der Waals surface area contributed by atoms with Crippen molar-refractivity contribution in [2.45, 2.75) is 33.1 Å². The van der Waals surface area contributed by atoms with Gasteiger partial charge in [0, 0.05) is 12.2 Å². The summed E-state index contributed by atoms with van der Waals surface area (Å²) < 4.78 is 0. The SMILES string of the molecule is CCC1(CNc2nc(C)cc(C(N)=S)n2)CC1. The Balaban J connectivity index is 2.07. The Morgan fingerprint density at radius 1 is 1.53 bits per heavy atom. The number of aryl methyl sites for hydroxylation is 1. The van der Waals surface area contributed by atoms with E-state index in [9.17, 15) is 0 Å². The Labute approximate surface area is 107 Å². The maximum atomic E-state index is 5.59. The minimum absolute atomic E-state index is 0.315. The maximum Gasteiger partial charge on any atom is 0.223 e. The fraction of sp³-hybridized carbons (Fsp3) is 0.583. The van der Waals surface area contributed by atoms with Crippen LogP contribution in [0.4, 0.5) is 5.95 Å². The summed E-state index contributed by atoms with van der Waals surface area (Å²) in [5.41, 5.74) is 7.57. The Hall–Kier alpha value is -1.23. The average Bonchev–Trinajstić information content (AvgIpc) is 3.06. The van der Waals surface area contributed by atoms with Gasteiger partial charge in [-0.15, -0.1) is 0 Å². The van der Waals surface area contributed by atoms with Crippen LogP contribution >= 0.6 is 12.2 Å². The molecule has 0 atom stereocenters.